The minimum absolute atomic E-state index is 0.256. The lowest BCUT2D eigenvalue weighted by Crippen LogP contribution is -2.60. The number of rotatable bonds is 9. The number of hydrogen-bond acceptors (Lipinski definition) is 3. The van der Waals surface area contributed by atoms with Crippen molar-refractivity contribution in [3.63, 3.8) is 0 Å². The molecule has 3 nitrogen and oxygen atoms in total. The number of phenols is 3. The summed E-state index contributed by atoms with van der Waals surface area (Å²) in [5.74, 6) is 0.779. The standard InChI is InChI=1S/C57H84O3/c1-22-43-44(23-2)46(55(49(4,5)6,50(7,8)9)37-25-31-40(58)32-26-37)48(57(53(16,17)18,54(19,20)21)39-29-35-42(60)36-30-39)47(45(43)24-3)56(51(10,11)12,52(13,14)15)38-27-33-41(59)34-28-38/h25-36,58-60H,22-24H2,1-21H3. The maximum absolute atomic E-state index is 11.0. The molecule has 4 rings (SSSR count). The highest BCUT2D eigenvalue weighted by Gasteiger charge is 2.65. The quantitative estimate of drug-likeness (QED) is 0.158. The second-order valence-corrected chi connectivity index (χ2v) is 24.0. The summed E-state index contributed by atoms with van der Waals surface area (Å²) < 4.78 is 0. The third-order valence-corrected chi connectivity index (χ3v) is 14.7. The Bertz CT molecular complexity index is 1950. The van der Waals surface area contributed by atoms with Crippen LogP contribution < -0.4 is 0 Å². The molecule has 3 N–H and O–H groups in total. The van der Waals surface area contributed by atoms with E-state index in [1.807, 2.05) is 36.4 Å². The van der Waals surface area contributed by atoms with Gasteiger partial charge >= 0.3 is 0 Å². The number of phenolic OH excluding ortho intramolecular Hbond substituents is 3. The average molecular weight is 817 g/mol. The molecule has 3 heteroatoms. The van der Waals surface area contributed by atoms with Crippen LogP contribution in [0.15, 0.2) is 72.8 Å². The molecule has 60 heavy (non-hydrogen) atoms. The van der Waals surface area contributed by atoms with Crippen LogP contribution in [0.1, 0.15) is 195 Å². The normalized spacial score (nSPS) is 14.2. The topological polar surface area (TPSA) is 60.7 Å². The Kier molecular flexibility index (Phi) is 13.0. The second-order valence-electron chi connectivity index (χ2n) is 24.0. The van der Waals surface area contributed by atoms with Crippen molar-refractivity contribution in [1.29, 1.82) is 0 Å². The third-order valence-electron chi connectivity index (χ3n) is 14.7. The maximum Gasteiger partial charge on any atom is 0.115 e. The fourth-order valence-corrected chi connectivity index (χ4v) is 14.1. The van der Waals surface area contributed by atoms with Crippen LogP contribution in [0.2, 0.25) is 0 Å². The molecule has 4 aromatic rings. The molecule has 0 bridgehead atoms. The molecule has 0 aliphatic carbocycles. The van der Waals surface area contributed by atoms with Gasteiger partial charge in [-0.3, -0.25) is 0 Å². The molecule has 330 valence electrons. The summed E-state index contributed by atoms with van der Waals surface area (Å²) in [5.41, 5.74) is 7.95. The maximum atomic E-state index is 11.0. The molecule has 0 amide bonds. The molecule has 0 saturated heterocycles. The first-order chi connectivity index (χ1) is 27.2. The van der Waals surface area contributed by atoms with Gasteiger partial charge < -0.3 is 15.3 Å². The summed E-state index contributed by atoms with van der Waals surface area (Å²) in [4.78, 5) is 0. The van der Waals surface area contributed by atoms with Crippen molar-refractivity contribution in [2.24, 2.45) is 32.5 Å². The van der Waals surface area contributed by atoms with Crippen LogP contribution >= 0.6 is 0 Å². The molecule has 0 unspecified atom stereocenters. The largest absolute Gasteiger partial charge is 0.508 e. The Morgan fingerprint density at radius 2 is 0.467 bits per heavy atom. The lowest BCUT2D eigenvalue weighted by molar-refractivity contribution is 0.0541. The summed E-state index contributed by atoms with van der Waals surface area (Å²) in [7, 11) is 0. The van der Waals surface area contributed by atoms with Crippen molar-refractivity contribution in [3.8, 4) is 17.2 Å². The van der Waals surface area contributed by atoms with Crippen molar-refractivity contribution in [1.82, 2.24) is 0 Å². The lowest BCUT2D eigenvalue weighted by Gasteiger charge is -2.64. The third kappa shape index (κ3) is 7.20. The first-order valence-corrected chi connectivity index (χ1v) is 22.8. The molecule has 0 radical (unpaired) electrons. The van der Waals surface area contributed by atoms with E-state index in [0.717, 1.165) is 19.3 Å². The molecular formula is C57H84O3. The van der Waals surface area contributed by atoms with Gasteiger partial charge in [-0.15, -0.1) is 0 Å². The van der Waals surface area contributed by atoms with Gasteiger partial charge in [0.05, 0.1) is 0 Å². The van der Waals surface area contributed by atoms with Crippen LogP contribution in [0.3, 0.4) is 0 Å². The molecule has 0 atom stereocenters. The van der Waals surface area contributed by atoms with Gasteiger partial charge in [0.25, 0.3) is 0 Å². The van der Waals surface area contributed by atoms with E-state index >= 15 is 0 Å². The fraction of sp³-hybridized carbons (Fsp3) is 0.579. The first kappa shape index (κ1) is 48.9. The molecule has 4 aromatic carbocycles. The Hall–Kier alpha value is -3.72. The van der Waals surface area contributed by atoms with Gasteiger partial charge in [0.2, 0.25) is 0 Å². The highest BCUT2D eigenvalue weighted by Crippen LogP contribution is 2.70. The Morgan fingerprint density at radius 3 is 0.633 bits per heavy atom. The van der Waals surface area contributed by atoms with Crippen molar-refractivity contribution in [2.75, 3.05) is 0 Å². The minimum atomic E-state index is -0.671. The van der Waals surface area contributed by atoms with Gasteiger partial charge in [0.15, 0.2) is 0 Å². The highest BCUT2D eigenvalue weighted by molar-refractivity contribution is 5.70. The molecule has 0 fully saturated rings. The zero-order valence-corrected chi connectivity index (χ0v) is 41.9. The van der Waals surface area contributed by atoms with Gasteiger partial charge in [-0.05, 0) is 138 Å². The number of aromatic hydroxyl groups is 3. The molecule has 0 aliphatic rings. The van der Waals surface area contributed by atoms with E-state index < -0.39 is 16.2 Å². The van der Waals surface area contributed by atoms with E-state index in [2.05, 4.69) is 182 Å². The van der Waals surface area contributed by atoms with Crippen molar-refractivity contribution in [3.05, 3.63) is 123 Å². The van der Waals surface area contributed by atoms with Crippen LogP contribution in [0, 0.1) is 32.5 Å². The molecular weight excluding hydrogens is 733 g/mol. The first-order valence-electron chi connectivity index (χ1n) is 22.8. The fourth-order valence-electron chi connectivity index (χ4n) is 14.1. The molecule has 0 heterocycles. The van der Waals surface area contributed by atoms with E-state index in [9.17, 15) is 15.3 Å². The van der Waals surface area contributed by atoms with E-state index in [4.69, 9.17) is 0 Å². The van der Waals surface area contributed by atoms with Gasteiger partial charge in [-0.25, -0.2) is 0 Å². The Balaban J connectivity index is 2.88. The van der Waals surface area contributed by atoms with E-state index in [-0.39, 0.29) is 49.7 Å². The highest BCUT2D eigenvalue weighted by atomic mass is 16.3. The van der Waals surface area contributed by atoms with Crippen LogP contribution in [-0.4, -0.2) is 15.3 Å². The van der Waals surface area contributed by atoms with Gasteiger partial charge in [0, 0.05) is 16.2 Å². The van der Waals surface area contributed by atoms with Gasteiger partial charge in [0.1, 0.15) is 17.2 Å². The summed E-state index contributed by atoms with van der Waals surface area (Å²) in [5, 5.41) is 32.9. The Morgan fingerprint density at radius 1 is 0.283 bits per heavy atom. The minimum Gasteiger partial charge on any atom is -0.508 e. The monoisotopic (exact) mass is 817 g/mol. The van der Waals surface area contributed by atoms with E-state index in [1.54, 1.807) is 0 Å². The lowest BCUT2D eigenvalue weighted by atomic mass is 9.38. The molecule has 0 aromatic heterocycles. The van der Waals surface area contributed by atoms with E-state index in [0.29, 0.717) is 0 Å². The van der Waals surface area contributed by atoms with Crippen molar-refractivity contribution >= 4 is 0 Å². The molecule has 0 spiro atoms. The average Bonchev–Trinajstić information content (AvgIpc) is 3.08. The number of benzene rings is 4. The van der Waals surface area contributed by atoms with Crippen LogP contribution in [0.25, 0.3) is 0 Å². The number of hydrogen-bond donors (Lipinski definition) is 3. The predicted octanol–water partition coefficient (Wildman–Crippen LogP) is 15.6. The summed E-state index contributed by atoms with van der Waals surface area (Å²) >= 11 is 0. The summed E-state index contributed by atoms with van der Waals surface area (Å²) in [6.07, 6.45) is 2.58. The van der Waals surface area contributed by atoms with E-state index in [1.165, 1.54) is 50.1 Å². The Labute approximate surface area is 367 Å². The van der Waals surface area contributed by atoms with Gasteiger partial charge in [-0.2, -0.15) is 0 Å². The summed E-state index contributed by atoms with van der Waals surface area (Å²) in [6, 6.07) is 24.6. The molecule has 0 saturated carbocycles. The van der Waals surface area contributed by atoms with Crippen LogP contribution in [-0.2, 0) is 35.5 Å². The predicted molar refractivity (Wildman–Crippen MR) is 258 cm³/mol. The van der Waals surface area contributed by atoms with Crippen LogP contribution in [0.4, 0.5) is 0 Å². The SMILES string of the molecule is CCc1c(CC)c(C(c2ccc(O)cc2)(C(C)(C)C)C(C)(C)C)c(C(c2ccc(O)cc2)(C(C)(C)C)C(C)(C)C)c(C(c2ccc(O)cc2)(C(C)(C)C)C(C)(C)C)c1CC. The van der Waals surface area contributed by atoms with Crippen molar-refractivity contribution in [2.45, 2.75) is 181 Å². The zero-order valence-electron chi connectivity index (χ0n) is 41.9. The second kappa shape index (κ2) is 15.9. The van der Waals surface area contributed by atoms with Crippen LogP contribution in [0.5, 0.6) is 17.2 Å². The molecule has 0 aliphatic heterocycles. The summed E-state index contributed by atoms with van der Waals surface area (Å²) in [6.45, 7) is 51.0. The smallest absolute Gasteiger partial charge is 0.115 e. The zero-order chi connectivity index (χ0) is 46.0. The van der Waals surface area contributed by atoms with Gasteiger partial charge in [-0.1, -0.05) is 182 Å². The van der Waals surface area contributed by atoms with Crippen molar-refractivity contribution < 1.29 is 15.3 Å².